The predicted molar refractivity (Wildman–Crippen MR) is 62.6 cm³/mol. The van der Waals surface area contributed by atoms with Crippen LogP contribution >= 0.6 is 0 Å². The summed E-state index contributed by atoms with van der Waals surface area (Å²) in [7, 11) is 4.36. The van der Waals surface area contributed by atoms with Crippen LogP contribution in [0.5, 0.6) is 0 Å². The van der Waals surface area contributed by atoms with Gasteiger partial charge in [-0.15, -0.1) is 0 Å². The van der Waals surface area contributed by atoms with Gasteiger partial charge in [-0.3, -0.25) is 4.90 Å². The molecule has 0 bridgehead atoms. The first-order valence-corrected chi connectivity index (χ1v) is 5.61. The summed E-state index contributed by atoms with van der Waals surface area (Å²) in [4.78, 5) is 4.96. The van der Waals surface area contributed by atoms with Crippen LogP contribution in [0, 0.1) is 0 Å². The fourth-order valence-corrected chi connectivity index (χ4v) is 2.22. The molecule has 1 rings (SSSR count). The van der Waals surface area contributed by atoms with Gasteiger partial charge in [-0.1, -0.05) is 0 Å². The maximum Gasteiger partial charge on any atom is 0.0303 e. The monoisotopic (exact) mass is 198 g/mol. The van der Waals surface area contributed by atoms with Gasteiger partial charge >= 0.3 is 0 Å². The summed E-state index contributed by atoms with van der Waals surface area (Å²) < 4.78 is 0. The van der Waals surface area contributed by atoms with E-state index in [0.29, 0.717) is 11.6 Å². The van der Waals surface area contributed by atoms with Crippen LogP contribution in [-0.4, -0.2) is 47.6 Å². The second kappa shape index (κ2) is 3.49. The molecule has 1 aliphatic rings. The second-order valence-corrected chi connectivity index (χ2v) is 6.22. The molecule has 1 saturated heterocycles. The van der Waals surface area contributed by atoms with Crippen LogP contribution in [0.1, 0.15) is 41.0 Å². The predicted octanol–water partition coefficient (Wildman–Crippen LogP) is 2.20. The van der Waals surface area contributed by atoms with Crippen LogP contribution < -0.4 is 0 Å². The lowest BCUT2D eigenvalue weighted by Gasteiger charge is -2.57. The quantitative estimate of drug-likeness (QED) is 0.671. The number of nitrogens with zero attached hydrogens (tertiary/aromatic N) is 2. The molecule has 1 atom stereocenters. The molecule has 1 aliphatic heterocycles. The molecular weight excluding hydrogens is 172 g/mol. The standard InChI is InChI=1S/C12H26N2/c1-11(2,3)14-9-8-10(14)12(4,5)13(6)7/h10H,8-9H2,1-7H3. The number of hydrogen-bond acceptors (Lipinski definition) is 2. The minimum atomic E-state index is 0.283. The lowest BCUT2D eigenvalue weighted by Crippen LogP contribution is -2.67. The fourth-order valence-electron chi connectivity index (χ4n) is 2.22. The van der Waals surface area contributed by atoms with Gasteiger partial charge in [0.1, 0.15) is 0 Å². The van der Waals surface area contributed by atoms with Gasteiger partial charge < -0.3 is 4.90 Å². The van der Waals surface area contributed by atoms with E-state index in [-0.39, 0.29) is 5.54 Å². The molecule has 0 aliphatic carbocycles. The zero-order chi connectivity index (χ0) is 11.1. The van der Waals surface area contributed by atoms with Crippen molar-refractivity contribution >= 4 is 0 Å². The zero-order valence-corrected chi connectivity index (χ0v) is 10.9. The average Bonchev–Trinajstić information content (AvgIpc) is 1.77. The Morgan fingerprint density at radius 1 is 1.07 bits per heavy atom. The van der Waals surface area contributed by atoms with Crippen molar-refractivity contribution < 1.29 is 0 Å². The average molecular weight is 198 g/mol. The molecule has 1 unspecified atom stereocenters. The van der Waals surface area contributed by atoms with Crippen LogP contribution in [0.3, 0.4) is 0 Å². The Hall–Kier alpha value is -0.0800. The Labute approximate surface area is 89.3 Å². The highest BCUT2D eigenvalue weighted by molar-refractivity contribution is 5.02. The molecule has 84 valence electrons. The minimum absolute atomic E-state index is 0.283. The Balaban J connectivity index is 2.72. The van der Waals surface area contributed by atoms with Crippen LogP contribution in [0.2, 0.25) is 0 Å². The number of hydrogen-bond donors (Lipinski definition) is 0. The molecule has 0 spiro atoms. The summed E-state index contributed by atoms with van der Waals surface area (Å²) in [5.41, 5.74) is 0.599. The number of likely N-dealkylation sites (tertiary alicyclic amines) is 1. The summed E-state index contributed by atoms with van der Waals surface area (Å²) in [6.45, 7) is 12.9. The summed E-state index contributed by atoms with van der Waals surface area (Å²) in [6, 6.07) is 0.706. The maximum absolute atomic E-state index is 2.62. The Morgan fingerprint density at radius 2 is 1.57 bits per heavy atom. The van der Waals surface area contributed by atoms with E-state index in [1.165, 1.54) is 13.0 Å². The number of rotatable bonds is 2. The summed E-state index contributed by atoms with van der Waals surface area (Å²) in [6.07, 6.45) is 1.34. The van der Waals surface area contributed by atoms with Crippen LogP contribution in [0.4, 0.5) is 0 Å². The third-order valence-electron chi connectivity index (χ3n) is 3.85. The molecule has 0 aromatic rings. The normalized spacial score (nSPS) is 25.3. The lowest BCUT2D eigenvalue weighted by atomic mass is 9.80. The van der Waals surface area contributed by atoms with E-state index in [1.54, 1.807) is 0 Å². The van der Waals surface area contributed by atoms with Crippen molar-refractivity contribution in [3.05, 3.63) is 0 Å². The van der Waals surface area contributed by atoms with Crippen LogP contribution in [-0.2, 0) is 0 Å². The molecule has 14 heavy (non-hydrogen) atoms. The molecule has 1 fully saturated rings. The summed E-state index contributed by atoms with van der Waals surface area (Å²) in [5.74, 6) is 0. The molecule has 2 heteroatoms. The molecule has 0 aromatic carbocycles. The third kappa shape index (κ3) is 1.96. The Morgan fingerprint density at radius 3 is 1.79 bits per heavy atom. The molecule has 0 saturated carbocycles. The van der Waals surface area contributed by atoms with E-state index in [0.717, 1.165) is 0 Å². The molecule has 0 N–H and O–H groups in total. The van der Waals surface area contributed by atoms with Crippen LogP contribution in [0.25, 0.3) is 0 Å². The van der Waals surface area contributed by atoms with Gasteiger partial charge in [-0.2, -0.15) is 0 Å². The smallest absolute Gasteiger partial charge is 0.0303 e. The molecule has 0 amide bonds. The van der Waals surface area contributed by atoms with Gasteiger partial charge in [0.05, 0.1) is 0 Å². The molecule has 0 aromatic heterocycles. The SMILES string of the molecule is CN(C)C(C)(C)C1CCN1C(C)(C)C. The Kier molecular flexibility index (Phi) is 2.99. The van der Waals surface area contributed by atoms with Crippen molar-refractivity contribution in [2.75, 3.05) is 20.6 Å². The van der Waals surface area contributed by atoms with Crippen molar-refractivity contribution in [1.29, 1.82) is 0 Å². The Bertz CT molecular complexity index is 201. The molecule has 1 heterocycles. The van der Waals surface area contributed by atoms with Crippen molar-refractivity contribution in [3.63, 3.8) is 0 Å². The minimum Gasteiger partial charge on any atom is -0.303 e. The highest BCUT2D eigenvalue weighted by Crippen LogP contribution is 2.35. The first-order chi connectivity index (χ1) is 6.17. The highest BCUT2D eigenvalue weighted by atomic mass is 15.3. The highest BCUT2D eigenvalue weighted by Gasteiger charge is 2.45. The van der Waals surface area contributed by atoms with Gasteiger partial charge in [-0.05, 0) is 55.1 Å². The van der Waals surface area contributed by atoms with Crippen molar-refractivity contribution in [2.45, 2.75) is 58.2 Å². The first kappa shape index (κ1) is 12.0. The molecular formula is C12H26N2. The van der Waals surface area contributed by atoms with E-state index in [2.05, 4.69) is 58.5 Å². The maximum atomic E-state index is 2.62. The van der Waals surface area contributed by atoms with E-state index < -0.39 is 0 Å². The largest absolute Gasteiger partial charge is 0.303 e. The summed E-state index contributed by atoms with van der Waals surface area (Å²) in [5, 5.41) is 0. The van der Waals surface area contributed by atoms with Crippen molar-refractivity contribution in [3.8, 4) is 0 Å². The lowest BCUT2D eigenvalue weighted by molar-refractivity contribution is -0.0696. The second-order valence-electron chi connectivity index (χ2n) is 6.22. The first-order valence-electron chi connectivity index (χ1n) is 5.61. The van der Waals surface area contributed by atoms with E-state index in [9.17, 15) is 0 Å². The third-order valence-corrected chi connectivity index (χ3v) is 3.85. The topological polar surface area (TPSA) is 6.48 Å². The van der Waals surface area contributed by atoms with Gasteiger partial charge in [0, 0.05) is 23.7 Å². The van der Waals surface area contributed by atoms with Crippen molar-refractivity contribution in [2.24, 2.45) is 0 Å². The van der Waals surface area contributed by atoms with Gasteiger partial charge in [0.2, 0.25) is 0 Å². The van der Waals surface area contributed by atoms with Crippen LogP contribution in [0.15, 0.2) is 0 Å². The summed E-state index contributed by atoms with van der Waals surface area (Å²) >= 11 is 0. The van der Waals surface area contributed by atoms with Gasteiger partial charge in [-0.25, -0.2) is 0 Å². The molecule has 2 nitrogen and oxygen atoms in total. The van der Waals surface area contributed by atoms with Crippen molar-refractivity contribution in [1.82, 2.24) is 9.80 Å². The van der Waals surface area contributed by atoms with E-state index >= 15 is 0 Å². The van der Waals surface area contributed by atoms with E-state index in [1.807, 2.05) is 0 Å². The van der Waals surface area contributed by atoms with E-state index in [4.69, 9.17) is 0 Å². The zero-order valence-electron chi connectivity index (χ0n) is 10.9. The van der Waals surface area contributed by atoms with Gasteiger partial charge in [0.25, 0.3) is 0 Å². The van der Waals surface area contributed by atoms with Gasteiger partial charge in [0.15, 0.2) is 0 Å². The number of likely N-dealkylation sites (N-methyl/N-ethyl adjacent to an activating group) is 1. The fraction of sp³-hybridized carbons (Fsp3) is 1.00. The molecule has 0 radical (unpaired) electrons.